The van der Waals surface area contributed by atoms with Crippen LogP contribution in [0, 0.1) is 5.92 Å². The molecule has 4 nitrogen and oxygen atoms in total. The molecule has 0 saturated carbocycles. The van der Waals surface area contributed by atoms with E-state index >= 15 is 0 Å². The van der Waals surface area contributed by atoms with Crippen LogP contribution in [0.3, 0.4) is 0 Å². The van der Waals surface area contributed by atoms with Gasteiger partial charge in [-0.25, -0.2) is 0 Å². The summed E-state index contributed by atoms with van der Waals surface area (Å²) in [5.74, 6) is 0.732. The number of hydrogen-bond donors (Lipinski definition) is 2. The van der Waals surface area contributed by atoms with Gasteiger partial charge >= 0.3 is 0 Å². The topological polar surface area (TPSA) is 57.9 Å². The number of aromatic nitrogens is 2. The number of aromatic amines is 1. The second-order valence-corrected chi connectivity index (χ2v) is 7.26. The monoisotopic (exact) mass is 334 g/mol. The van der Waals surface area contributed by atoms with Crippen LogP contribution < -0.4 is 5.73 Å². The third kappa shape index (κ3) is 3.91. The molecule has 0 amide bonds. The largest absolute Gasteiger partial charge is 0.326 e. The molecule has 0 aliphatic carbocycles. The van der Waals surface area contributed by atoms with Gasteiger partial charge in [0.2, 0.25) is 0 Å². The summed E-state index contributed by atoms with van der Waals surface area (Å²) in [6.45, 7) is 4.03. The summed E-state index contributed by atoms with van der Waals surface area (Å²) in [5.41, 5.74) is 10.9. The average Bonchev–Trinajstić information content (AvgIpc) is 3.10. The zero-order valence-electron chi connectivity index (χ0n) is 14.6. The normalized spacial score (nSPS) is 18.7. The molecule has 0 radical (unpaired) electrons. The first-order chi connectivity index (χ1) is 12.3. The molecule has 1 aliphatic rings. The molecule has 25 heavy (non-hydrogen) atoms. The van der Waals surface area contributed by atoms with E-state index in [2.05, 4.69) is 57.6 Å². The lowest BCUT2D eigenvalue weighted by Gasteiger charge is -2.33. The van der Waals surface area contributed by atoms with Crippen LogP contribution in [0.1, 0.15) is 29.5 Å². The van der Waals surface area contributed by atoms with Crippen LogP contribution in [-0.4, -0.2) is 28.2 Å². The van der Waals surface area contributed by atoms with Crippen molar-refractivity contribution in [1.29, 1.82) is 0 Å². The molecule has 1 saturated heterocycles. The van der Waals surface area contributed by atoms with E-state index in [0.29, 0.717) is 6.54 Å². The van der Waals surface area contributed by atoms with Gasteiger partial charge in [0.15, 0.2) is 0 Å². The number of hydrogen-bond acceptors (Lipinski definition) is 3. The first-order valence-corrected chi connectivity index (χ1v) is 9.22. The fraction of sp³-hybridized carbons (Fsp3) is 0.381. The Labute approximate surface area is 149 Å². The summed E-state index contributed by atoms with van der Waals surface area (Å²) in [7, 11) is 0. The molecule has 0 spiro atoms. The molecule has 3 N–H and O–H groups in total. The number of fused-ring (bicyclic) bond motifs is 1. The van der Waals surface area contributed by atoms with E-state index in [1.54, 1.807) is 0 Å². The molecule has 4 rings (SSSR count). The molecule has 2 heterocycles. The predicted molar refractivity (Wildman–Crippen MR) is 102 cm³/mol. The Morgan fingerprint density at radius 1 is 1.12 bits per heavy atom. The smallest absolute Gasteiger partial charge is 0.0650 e. The Kier molecular flexibility index (Phi) is 4.81. The molecule has 0 bridgehead atoms. The number of piperidine rings is 1. The number of likely N-dealkylation sites (tertiary alicyclic amines) is 1. The van der Waals surface area contributed by atoms with Crippen molar-refractivity contribution in [3.63, 3.8) is 0 Å². The lowest BCUT2D eigenvalue weighted by molar-refractivity contribution is 0.167. The standard InChI is InChI=1S/C21H26N4/c22-12-17-3-1-4-18(10-17)14-25-8-2-5-19(15-25)9-16-6-7-21-20(11-16)13-23-24-21/h1,3-4,6-7,10-11,13,19H,2,5,8-9,12,14-15,22H2,(H,23,24)/t19-/m0/s1. The van der Waals surface area contributed by atoms with Gasteiger partial charge in [0.05, 0.1) is 11.7 Å². The molecule has 2 aromatic carbocycles. The lowest BCUT2D eigenvalue weighted by atomic mass is 9.90. The van der Waals surface area contributed by atoms with Crippen molar-refractivity contribution in [3.05, 3.63) is 65.4 Å². The van der Waals surface area contributed by atoms with Crippen molar-refractivity contribution in [2.75, 3.05) is 13.1 Å². The van der Waals surface area contributed by atoms with Crippen molar-refractivity contribution in [2.45, 2.75) is 32.4 Å². The van der Waals surface area contributed by atoms with Gasteiger partial charge in [-0.3, -0.25) is 10.00 Å². The van der Waals surface area contributed by atoms with Gasteiger partial charge in [0.1, 0.15) is 0 Å². The molecular weight excluding hydrogens is 308 g/mol. The lowest BCUT2D eigenvalue weighted by Crippen LogP contribution is -2.35. The molecule has 0 unspecified atom stereocenters. The number of rotatable bonds is 5. The Bertz CT molecular complexity index is 839. The maximum absolute atomic E-state index is 5.77. The maximum atomic E-state index is 5.77. The van der Waals surface area contributed by atoms with Crippen molar-refractivity contribution < 1.29 is 0 Å². The molecular formula is C21H26N4. The van der Waals surface area contributed by atoms with E-state index in [1.807, 2.05) is 6.20 Å². The minimum absolute atomic E-state index is 0.618. The van der Waals surface area contributed by atoms with Crippen LogP contribution >= 0.6 is 0 Å². The molecule has 4 heteroatoms. The summed E-state index contributed by atoms with van der Waals surface area (Å²) < 4.78 is 0. The zero-order chi connectivity index (χ0) is 17.1. The van der Waals surface area contributed by atoms with E-state index < -0.39 is 0 Å². The minimum atomic E-state index is 0.618. The molecule has 1 atom stereocenters. The highest BCUT2D eigenvalue weighted by molar-refractivity contribution is 5.78. The van der Waals surface area contributed by atoms with Gasteiger partial charge in [-0.15, -0.1) is 0 Å². The quantitative estimate of drug-likeness (QED) is 0.751. The average molecular weight is 334 g/mol. The minimum Gasteiger partial charge on any atom is -0.326 e. The van der Waals surface area contributed by atoms with Gasteiger partial charge in [-0.05, 0) is 60.5 Å². The van der Waals surface area contributed by atoms with Crippen LogP contribution in [0.25, 0.3) is 10.9 Å². The summed E-state index contributed by atoms with van der Waals surface area (Å²) >= 11 is 0. The number of nitrogens with one attached hydrogen (secondary N) is 1. The third-order valence-corrected chi connectivity index (χ3v) is 5.27. The molecule has 1 aromatic heterocycles. The fourth-order valence-electron chi connectivity index (χ4n) is 4.03. The van der Waals surface area contributed by atoms with Gasteiger partial charge in [0.25, 0.3) is 0 Å². The van der Waals surface area contributed by atoms with E-state index in [-0.39, 0.29) is 0 Å². The fourth-order valence-corrected chi connectivity index (χ4v) is 4.03. The van der Waals surface area contributed by atoms with Crippen LogP contribution in [0.15, 0.2) is 48.7 Å². The van der Waals surface area contributed by atoms with E-state index in [4.69, 9.17) is 5.73 Å². The highest BCUT2D eigenvalue weighted by Gasteiger charge is 2.20. The van der Waals surface area contributed by atoms with E-state index in [1.165, 1.54) is 48.0 Å². The summed E-state index contributed by atoms with van der Waals surface area (Å²) in [6.07, 6.45) is 5.68. The first kappa shape index (κ1) is 16.3. The summed E-state index contributed by atoms with van der Waals surface area (Å²) in [5, 5.41) is 8.36. The number of nitrogens with two attached hydrogens (primary N) is 1. The molecule has 1 fully saturated rings. The van der Waals surface area contributed by atoms with Gasteiger partial charge < -0.3 is 5.73 Å². The molecule has 130 valence electrons. The number of H-pyrrole nitrogens is 1. The zero-order valence-corrected chi connectivity index (χ0v) is 14.6. The summed E-state index contributed by atoms with van der Waals surface area (Å²) in [4.78, 5) is 2.60. The van der Waals surface area contributed by atoms with Gasteiger partial charge in [0, 0.05) is 25.0 Å². The SMILES string of the molecule is NCc1cccc(CN2CCC[C@@H](Cc3ccc4[nH]ncc4c3)C2)c1. The summed E-state index contributed by atoms with van der Waals surface area (Å²) in [6, 6.07) is 15.4. The highest BCUT2D eigenvalue weighted by atomic mass is 15.1. The van der Waals surface area contributed by atoms with Crippen molar-refractivity contribution in [3.8, 4) is 0 Å². The van der Waals surface area contributed by atoms with Crippen LogP contribution in [-0.2, 0) is 19.5 Å². The number of benzene rings is 2. The maximum Gasteiger partial charge on any atom is 0.0650 e. The first-order valence-electron chi connectivity index (χ1n) is 9.22. The third-order valence-electron chi connectivity index (χ3n) is 5.27. The van der Waals surface area contributed by atoms with Crippen LogP contribution in [0.4, 0.5) is 0 Å². The Balaban J connectivity index is 1.40. The number of nitrogens with zero attached hydrogens (tertiary/aromatic N) is 2. The van der Waals surface area contributed by atoms with Crippen LogP contribution in [0.5, 0.6) is 0 Å². The Morgan fingerprint density at radius 3 is 2.96 bits per heavy atom. The van der Waals surface area contributed by atoms with Crippen molar-refractivity contribution >= 4 is 10.9 Å². The predicted octanol–water partition coefficient (Wildman–Crippen LogP) is 3.48. The van der Waals surface area contributed by atoms with Gasteiger partial charge in [-0.1, -0.05) is 30.3 Å². The van der Waals surface area contributed by atoms with E-state index in [9.17, 15) is 0 Å². The van der Waals surface area contributed by atoms with Gasteiger partial charge in [-0.2, -0.15) is 5.10 Å². The Hall–Kier alpha value is -2.17. The molecule has 1 aliphatic heterocycles. The van der Waals surface area contributed by atoms with Crippen molar-refractivity contribution in [2.24, 2.45) is 11.7 Å². The highest BCUT2D eigenvalue weighted by Crippen LogP contribution is 2.24. The van der Waals surface area contributed by atoms with E-state index in [0.717, 1.165) is 24.4 Å². The molecule has 3 aromatic rings. The second-order valence-electron chi connectivity index (χ2n) is 7.26. The second kappa shape index (κ2) is 7.38. The van der Waals surface area contributed by atoms with Crippen molar-refractivity contribution in [1.82, 2.24) is 15.1 Å². The van der Waals surface area contributed by atoms with Crippen LogP contribution in [0.2, 0.25) is 0 Å². The Morgan fingerprint density at radius 2 is 2.04 bits per heavy atom.